The number of hydrogen-bond donors (Lipinski definition) is 1. The van der Waals surface area contributed by atoms with Crippen molar-refractivity contribution in [2.24, 2.45) is 0 Å². The highest BCUT2D eigenvalue weighted by Gasteiger charge is 2.16. The predicted octanol–water partition coefficient (Wildman–Crippen LogP) is 2.66. The maximum absolute atomic E-state index is 12.4. The van der Waals surface area contributed by atoms with Gasteiger partial charge in [-0.1, -0.05) is 0 Å². The van der Waals surface area contributed by atoms with Crippen LogP contribution in [0.2, 0.25) is 0 Å². The van der Waals surface area contributed by atoms with E-state index in [1.807, 2.05) is 0 Å². The van der Waals surface area contributed by atoms with Crippen LogP contribution in [0, 0.1) is 0 Å². The molecule has 0 unspecified atom stereocenters. The van der Waals surface area contributed by atoms with Crippen LogP contribution in [0.5, 0.6) is 0 Å². The first-order chi connectivity index (χ1) is 12.0. The minimum atomic E-state index is -3.85. The molecule has 2 aromatic rings. The SMILES string of the molecule is CN(C)C(=O)Sc1ccc(NS(=O)(=O)c2ccc(S(C)(=O)=O)cc2)cc1. The molecular weight excluding hydrogens is 396 g/mol. The predicted molar refractivity (Wildman–Crippen MR) is 102 cm³/mol. The van der Waals surface area contributed by atoms with E-state index in [0.29, 0.717) is 10.6 Å². The van der Waals surface area contributed by atoms with E-state index in [1.165, 1.54) is 29.2 Å². The van der Waals surface area contributed by atoms with Crippen LogP contribution in [0.3, 0.4) is 0 Å². The third-order valence-corrected chi connectivity index (χ3v) is 6.81. The summed E-state index contributed by atoms with van der Waals surface area (Å²) >= 11 is 1.03. The first-order valence-corrected chi connectivity index (χ1v) is 11.5. The quantitative estimate of drug-likeness (QED) is 0.755. The molecule has 0 aliphatic rings. The molecule has 1 amide bonds. The van der Waals surface area contributed by atoms with E-state index in [-0.39, 0.29) is 15.0 Å². The van der Waals surface area contributed by atoms with Crippen molar-refractivity contribution in [1.29, 1.82) is 0 Å². The Morgan fingerprint density at radius 2 is 1.38 bits per heavy atom. The Bertz CT molecular complexity index is 997. The van der Waals surface area contributed by atoms with E-state index in [2.05, 4.69) is 4.72 Å². The third kappa shape index (κ3) is 5.23. The van der Waals surface area contributed by atoms with Gasteiger partial charge < -0.3 is 4.90 Å². The number of rotatable bonds is 5. The van der Waals surface area contributed by atoms with Gasteiger partial charge in [-0.3, -0.25) is 9.52 Å². The van der Waals surface area contributed by atoms with Gasteiger partial charge in [0.1, 0.15) is 0 Å². The average Bonchev–Trinajstić information content (AvgIpc) is 2.55. The number of sulfone groups is 1. The third-order valence-electron chi connectivity index (χ3n) is 3.24. The van der Waals surface area contributed by atoms with E-state index >= 15 is 0 Å². The Kier molecular flexibility index (Phi) is 5.99. The number of thioether (sulfide) groups is 1. The van der Waals surface area contributed by atoms with Gasteiger partial charge in [0, 0.05) is 30.9 Å². The Labute approximate surface area is 157 Å². The Hall–Kier alpha value is -2.04. The van der Waals surface area contributed by atoms with Crippen LogP contribution < -0.4 is 4.72 Å². The van der Waals surface area contributed by atoms with Crippen LogP contribution in [-0.2, 0) is 19.9 Å². The monoisotopic (exact) mass is 414 g/mol. The lowest BCUT2D eigenvalue weighted by molar-refractivity contribution is 0.241. The van der Waals surface area contributed by atoms with Gasteiger partial charge in [-0.25, -0.2) is 16.8 Å². The summed E-state index contributed by atoms with van der Waals surface area (Å²) in [5, 5.41) is -0.135. The number of carbonyl (C=O) groups excluding carboxylic acids is 1. The molecule has 0 aromatic heterocycles. The molecule has 26 heavy (non-hydrogen) atoms. The molecule has 10 heteroatoms. The second-order valence-corrected chi connectivity index (χ2v) is 10.4. The highest BCUT2D eigenvalue weighted by Crippen LogP contribution is 2.24. The largest absolute Gasteiger partial charge is 0.339 e. The number of amides is 1. The molecule has 140 valence electrons. The van der Waals surface area contributed by atoms with Crippen molar-refractivity contribution < 1.29 is 21.6 Å². The van der Waals surface area contributed by atoms with E-state index in [1.54, 1.807) is 38.4 Å². The van der Waals surface area contributed by atoms with E-state index < -0.39 is 19.9 Å². The molecular formula is C16H18N2O5S3. The maximum atomic E-state index is 12.4. The molecule has 0 saturated carbocycles. The normalized spacial score (nSPS) is 11.8. The smallest absolute Gasteiger partial charge is 0.285 e. The maximum Gasteiger partial charge on any atom is 0.285 e. The Morgan fingerprint density at radius 3 is 1.85 bits per heavy atom. The van der Waals surface area contributed by atoms with Crippen LogP contribution in [0.25, 0.3) is 0 Å². The zero-order valence-corrected chi connectivity index (χ0v) is 16.8. The summed E-state index contributed by atoms with van der Waals surface area (Å²) in [5.41, 5.74) is 0.332. The van der Waals surface area contributed by atoms with Gasteiger partial charge in [0.2, 0.25) is 0 Å². The summed E-state index contributed by atoms with van der Waals surface area (Å²) in [5.74, 6) is 0. The number of benzene rings is 2. The van der Waals surface area contributed by atoms with E-state index in [9.17, 15) is 21.6 Å². The topological polar surface area (TPSA) is 101 Å². The number of hydrogen-bond acceptors (Lipinski definition) is 6. The van der Waals surface area contributed by atoms with Gasteiger partial charge in [-0.15, -0.1) is 0 Å². The van der Waals surface area contributed by atoms with Crippen molar-refractivity contribution in [3.05, 3.63) is 48.5 Å². The van der Waals surface area contributed by atoms with Crippen molar-refractivity contribution in [3.63, 3.8) is 0 Å². The molecule has 0 spiro atoms. The first-order valence-electron chi connectivity index (χ1n) is 7.31. The number of nitrogens with zero attached hydrogens (tertiary/aromatic N) is 1. The van der Waals surface area contributed by atoms with Gasteiger partial charge in [0.15, 0.2) is 9.84 Å². The van der Waals surface area contributed by atoms with Crippen molar-refractivity contribution >= 4 is 42.5 Å². The van der Waals surface area contributed by atoms with Gasteiger partial charge in [-0.05, 0) is 60.3 Å². The fourth-order valence-corrected chi connectivity index (χ4v) is 4.21. The number of anilines is 1. The van der Waals surface area contributed by atoms with Crippen LogP contribution in [0.15, 0.2) is 63.2 Å². The summed E-state index contributed by atoms with van der Waals surface area (Å²) in [7, 11) is -3.95. The fraction of sp³-hybridized carbons (Fsp3) is 0.188. The molecule has 0 aliphatic carbocycles. The second kappa shape index (κ2) is 7.68. The lowest BCUT2D eigenvalue weighted by atomic mass is 10.3. The zero-order chi connectivity index (χ0) is 19.5. The lowest BCUT2D eigenvalue weighted by Gasteiger charge is -2.11. The highest BCUT2D eigenvalue weighted by molar-refractivity contribution is 8.13. The molecule has 0 heterocycles. The molecule has 0 fully saturated rings. The van der Waals surface area contributed by atoms with Crippen LogP contribution >= 0.6 is 11.8 Å². The van der Waals surface area contributed by atoms with Gasteiger partial charge >= 0.3 is 0 Å². The molecule has 0 bridgehead atoms. The van der Waals surface area contributed by atoms with Crippen LogP contribution in [-0.4, -0.2) is 47.3 Å². The van der Waals surface area contributed by atoms with Crippen molar-refractivity contribution in [1.82, 2.24) is 4.90 Å². The summed E-state index contributed by atoms with van der Waals surface area (Å²) < 4.78 is 50.1. The molecule has 0 radical (unpaired) electrons. The number of nitrogens with one attached hydrogen (secondary N) is 1. The summed E-state index contributed by atoms with van der Waals surface area (Å²) in [6.07, 6.45) is 1.05. The van der Waals surface area contributed by atoms with Crippen molar-refractivity contribution in [3.8, 4) is 0 Å². The minimum absolute atomic E-state index is 0.0448. The summed E-state index contributed by atoms with van der Waals surface area (Å²) in [6.45, 7) is 0. The molecule has 0 saturated heterocycles. The highest BCUT2D eigenvalue weighted by atomic mass is 32.2. The van der Waals surface area contributed by atoms with E-state index in [4.69, 9.17) is 0 Å². The molecule has 0 atom stereocenters. The summed E-state index contributed by atoms with van der Waals surface area (Å²) in [4.78, 5) is 13.8. The van der Waals surface area contributed by atoms with Gasteiger partial charge in [-0.2, -0.15) is 0 Å². The minimum Gasteiger partial charge on any atom is -0.339 e. The standard InChI is InChI=1S/C16H18N2O5S3/c1-18(2)16(19)24-13-6-4-12(5-7-13)17-26(22,23)15-10-8-14(9-11-15)25(3,20)21/h4-11,17H,1-3H3. The van der Waals surface area contributed by atoms with Gasteiger partial charge in [0.05, 0.1) is 9.79 Å². The Balaban J connectivity index is 2.15. The number of carbonyl (C=O) groups is 1. The molecule has 2 aromatic carbocycles. The van der Waals surface area contributed by atoms with Crippen molar-refractivity contribution in [2.45, 2.75) is 14.7 Å². The fourth-order valence-electron chi connectivity index (χ4n) is 1.86. The first kappa shape index (κ1) is 20.3. The molecule has 2 rings (SSSR count). The Morgan fingerprint density at radius 1 is 0.885 bits per heavy atom. The van der Waals surface area contributed by atoms with Crippen LogP contribution in [0.4, 0.5) is 10.5 Å². The zero-order valence-electron chi connectivity index (χ0n) is 14.3. The lowest BCUT2D eigenvalue weighted by Crippen LogP contribution is -2.16. The number of sulfonamides is 1. The molecule has 0 aliphatic heterocycles. The van der Waals surface area contributed by atoms with Crippen molar-refractivity contribution in [2.75, 3.05) is 25.1 Å². The molecule has 1 N–H and O–H groups in total. The molecule has 7 nitrogen and oxygen atoms in total. The van der Waals surface area contributed by atoms with E-state index in [0.717, 1.165) is 18.0 Å². The summed E-state index contributed by atoms with van der Waals surface area (Å²) in [6, 6.07) is 11.3. The van der Waals surface area contributed by atoms with Gasteiger partial charge in [0.25, 0.3) is 15.3 Å². The average molecular weight is 415 g/mol. The second-order valence-electron chi connectivity index (χ2n) is 5.64. The van der Waals surface area contributed by atoms with Crippen LogP contribution in [0.1, 0.15) is 0 Å².